The number of furan rings is 1. The lowest BCUT2D eigenvalue weighted by Gasteiger charge is -2.20. The predicted molar refractivity (Wildman–Crippen MR) is 114 cm³/mol. The van der Waals surface area contributed by atoms with Crippen LogP contribution in [0.1, 0.15) is 22.9 Å². The normalized spacial score (nSPS) is 18.4. The molecule has 1 N–H and O–H groups in total. The molecular formula is C23H16N2O4S. The average molecular weight is 416 g/mol. The van der Waals surface area contributed by atoms with E-state index in [1.807, 2.05) is 31.2 Å². The summed E-state index contributed by atoms with van der Waals surface area (Å²) < 4.78 is 6.47. The average Bonchev–Trinajstić information content (AvgIpc) is 3.47. The summed E-state index contributed by atoms with van der Waals surface area (Å²) in [4.78, 5) is 32.0. The lowest BCUT2D eigenvalue weighted by molar-refractivity contribution is -0.132. The Kier molecular flexibility index (Phi) is 4.25. The molecule has 0 bridgehead atoms. The Labute approximate surface area is 175 Å². The van der Waals surface area contributed by atoms with Crippen molar-refractivity contribution in [3.05, 3.63) is 89.4 Å². The van der Waals surface area contributed by atoms with Crippen molar-refractivity contribution in [2.45, 2.75) is 13.0 Å². The van der Waals surface area contributed by atoms with E-state index >= 15 is 0 Å². The number of aryl methyl sites for hydroxylation is 1. The summed E-state index contributed by atoms with van der Waals surface area (Å²) in [5, 5.41) is 11.3. The highest BCUT2D eigenvalue weighted by Crippen LogP contribution is 2.44. The highest BCUT2D eigenvalue weighted by molar-refractivity contribution is 7.22. The van der Waals surface area contributed by atoms with Gasteiger partial charge in [0.1, 0.15) is 17.6 Å². The standard InChI is InChI=1S/C23H16N2O4S/c1-13-9-10-15-17(12-13)30-23(24-15)25-19(16-8-5-11-29-16)18(21(27)22(25)28)20(26)14-6-3-2-4-7-14/h2-12,19,26H,1H3/b20-18+. The minimum Gasteiger partial charge on any atom is -0.507 e. The molecule has 6 nitrogen and oxygen atoms in total. The minimum atomic E-state index is -0.901. The van der Waals surface area contributed by atoms with Gasteiger partial charge in [-0.15, -0.1) is 0 Å². The van der Waals surface area contributed by atoms with Gasteiger partial charge in [0.05, 0.1) is 22.1 Å². The highest BCUT2D eigenvalue weighted by atomic mass is 32.1. The lowest BCUT2D eigenvalue weighted by Crippen LogP contribution is -2.29. The van der Waals surface area contributed by atoms with Crippen molar-refractivity contribution in [2.24, 2.45) is 0 Å². The fourth-order valence-corrected chi connectivity index (χ4v) is 4.71. The molecule has 1 saturated heterocycles. The lowest BCUT2D eigenvalue weighted by atomic mass is 9.99. The molecule has 1 amide bonds. The maximum atomic E-state index is 13.1. The van der Waals surface area contributed by atoms with Crippen LogP contribution < -0.4 is 4.90 Å². The fraction of sp³-hybridized carbons (Fsp3) is 0.0870. The van der Waals surface area contributed by atoms with E-state index in [1.54, 1.807) is 36.4 Å². The first-order chi connectivity index (χ1) is 14.5. The van der Waals surface area contributed by atoms with Crippen LogP contribution >= 0.6 is 11.3 Å². The number of aliphatic hydroxyl groups is 1. The number of nitrogens with zero attached hydrogens (tertiary/aromatic N) is 2. The maximum Gasteiger partial charge on any atom is 0.302 e. The number of carbonyl (C=O) groups excluding carboxylic acids is 2. The second-order valence-corrected chi connectivity index (χ2v) is 8.03. The van der Waals surface area contributed by atoms with Gasteiger partial charge in [-0.2, -0.15) is 0 Å². The summed E-state index contributed by atoms with van der Waals surface area (Å²) >= 11 is 1.32. The maximum absolute atomic E-state index is 13.1. The van der Waals surface area contributed by atoms with Crippen LogP contribution in [0.5, 0.6) is 0 Å². The monoisotopic (exact) mass is 416 g/mol. The Morgan fingerprint density at radius 2 is 1.90 bits per heavy atom. The van der Waals surface area contributed by atoms with Gasteiger partial charge < -0.3 is 9.52 Å². The molecule has 3 heterocycles. The third-order valence-electron chi connectivity index (χ3n) is 5.04. The zero-order valence-electron chi connectivity index (χ0n) is 15.9. The van der Waals surface area contributed by atoms with E-state index in [0.717, 1.165) is 15.8 Å². The van der Waals surface area contributed by atoms with Gasteiger partial charge in [-0.25, -0.2) is 4.98 Å². The van der Waals surface area contributed by atoms with Gasteiger partial charge >= 0.3 is 5.91 Å². The van der Waals surface area contributed by atoms with E-state index in [2.05, 4.69) is 4.98 Å². The molecule has 1 unspecified atom stereocenters. The number of benzene rings is 2. The SMILES string of the molecule is Cc1ccc2nc(N3C(=O)C(=O)/C(=C(/O)c4ccccc4)C3c3ccco3)sc2c1. The zero-order chi connectivity index (χ0) is 20.8. The van der Waals surface area contributed by atoms with E-state index < -0.39 is 17.7 Å². The minimum absolute atomic E-state index is 0.0170. The molecule has 148 valence electrons. The number of ketones is 1. The molecule has 2 aromatic heterocycles. The fourth-order valence-electron chi connectivity index (χ4n) is 3.62. The van der Waals surface area contributed by atoms with Crippen LogP contribution in [-0.4, -0.2) is 21.8 Å². The van der Waals surface area contributed by atoms with Gasteiger partial charge in [-0.1, -0.05) is 47.7 Å². The van der Waals surface area contributed by atoms with Crippen molar-refractivity contribution < 1.29 is 19.1 Å². The molecule has 0 spiro atoms. The molecule has 0 radical (unpaired) electrons. The molecule has 2 aromatic carbocycles. The van der Waals surface area contributed by atoms with Gasteiger partial charge in [0.15, 0.2) is 5.13 Å². The number of amides is 1. The Bertz CT molecular complexity index is 1310. The van der Waals surface area contributed by atoms with E-state index in [1.165, 1.54) is 22.5 Å². The van der Waals surface area contributed by atoms with Gasteiger partial charge in [0.25, 0.3) is 5.78 Å². The Balaban J connectivity index is 1.72. The van der Waals surface area contributed by atoms with Crippen LogP contribution in [-0.2, 0) is 9.59 Å². The smallest absolute Gasteiger partial charge is 0.302 e. The van der Waals surface area contributed by atoms with E-state index in [4.69, 9.17) is 4.42 Å². The molecule has 5 rings (SSSR count). The van der Waals surface area contributed by atoms with Crippen molar-refractivity contribution in [2.75, 3.05) is 4.90 Å². The highest BCUT2D eigenvalue weighted by Gasteiger charge is 2.49. The first-order valence-corrected chi connectivity index (χ1v) is 10.1. The van der Waals surface area contributed by atoms with Crippen LogP contribution in [0.25, 0.3) is 16.0 Å². The molecule has 1 aliphatic rings. The third kappa shape index (κ3) is 2.83. The molecular weight excluding hydrogens is 400 g/mol. The number of thiazole rings is 1. The van der Waals surface area contributed by atoms with E-state index in [0.29, 0.717) is 16.5 Å². The number of aliphatic hydroxyl groups excluding tert-OH is 1. The quantitative estimate of drug-likeness (QED) is 0.294. The summed E-state index contributed by atoms with van der Waals surface area (Å²) in [7, 11) is 0. The van der Waals surface area contributed by atoms with Crippen molar-refractivity contribution in [1.29, 1.82) is 0 Å². The van der Waals surface area contributed by atoms with Gasteiger partial charge in [-0.3, -0.25) is 14.5 Å². The summed E-state index contributed by atoms with van der Waals surface area (Å²) in [6.45, 7) is 1.98. The number of aromatic nitrogens is 1. The molecule has 1 atom stereocenters. The third-order valence-corrected chi connectivity index (χ3v) is 6.06. The van der Waals surface area contributed by atoms with Gasteiger partial charge in [0.2, 0.25) is 0 Å². The zero-order valence-corrected chi connectivity index (χ0v) is 16.7. The number of carbonyl (C=O) groups is 2. The number of fused-ring (bicyclic) bond motifs is 1. The first kappa shape index (κ1) is 18.3. The predicted octanol–water partition coefficient (Wildman–Crippen LogP) is 4.82. The summed E-state index contributed by atoms with van der Waals surface area (Å²) in [5.74, 6) is -1.38. The summed E-state index contributed by atoms with van der Waals surface area (Å²) in [5.41, 5.74) is 2.25. The number of rotatable bonds is 3. The second-order valence-electron chi connectivity index (χ2n) is 7.02. The van der Waals surface area contributed by atoms with Crippen LogP contribution in [0.2, 0.25) is 0 Å². The van der Waals surface area contributed by atoms with Gasteiger partial charge in [-0.05, 0) is 36.8 Å². The summed E-state index contributed by atoms with van der Waals surface area (Å²) in [6, 6.07) is 16.9. The molecule has 1 aliphatic heterocycles. The summed E-state index contributed by atoms with van der Waals surface area (Å²) in [6.07, 6.45) is 1.47. The molecule has 0 saturated carbocycles. The van der Waals surface area contributed by atoms with E-state index in [9.17, 15) is 14.7 Å². The largest absolute Gasteiger partial charge is 0.507 e. The Morgan fingerprint density at radius 3 is 2.63 bits per heavy atom. The number of hydrogen-bond donors (Lipinski definition) is 1. The molecule has 0 aliphatic carbocycles. The van der Waals surface area contributed by atoms with Crippen molar-refractivity contribution in [1.82, 2.24) is 4.98 Å². The number of hydrogen-bond acceptors (Lipinski definition) is 6. The number of anilines is 1. The molecule has 4 aromatic rings. The van der Waals surface area contributed by atoms with Crippen LogP contribution in [0, 0.1) is 6.92 Å². The number of Topliss-reactive ketones (excluding diaryl/α,β-unsaturated/α-hetero) is 1. The first-order valence-electron chi connectivity index (χ1n) is 9.31. The van der Waals surface area contributed by atoms with Crippen molar-refractivity contribution in [3.63, 3.8) is 0 Å². The molecule has 1 fully saturated rings. The van der Waals surface area contributed by atoms with Crippen LogP contribution in [0.3, 0.4) is 0 Å². The van der Waals surface area contributed by atoms with Gasteiger partial charge in [0, 0.05) is 5.56 Å². The van der Waals surface area contributed by atoms with E-state index in [-0.39, 0.29) is 11.3 Å². The molecule has 30 heavy (non-hydrogen) atoms. The van der Waals surface area contributed by atoms with Crippen molar-refractivity contribution >= 4 is 44.1 Å². The Hall–Kier alpha value is -3.71. The Morgan fingerprint density at radius 1 is 1.10 bits per heavy atom. The second kappa shape index (κ2) is 6.96. The van der Waals surface area contributed by atoms with Crippen LogP contribution in [0.4, 0.5) is 5.13 Å². The topological polar surface area (TPSA) is 83.6 Å². The molecule has 7 heteroatoms. The van der Waals surface area contributed by atoms with Crippen molar-refractivity contribution in [3.8, 4) is 0 Å². The van der Waals surface area contributed by atoms with Crippen LogP contribution in [0.15, 0.2) is 76.9 Å².